The first-order valence-corrected chi connectivity index (χ1v) is 18.1. The van der Waals surface area contributed by atoms with Crippen LogP contribution >= 0.6 is 7.87 Å². The van der Waals surface area contributed by atoms with Gasteiger partial charge in [0.1, 0.15) is 0 Å². The number of nitrogens with zero attached hydrogens (tertiary/aromatic N) is 4. The van der Waals surface area contributed by atoms with E-state index in [-0.39, 0.29) is 0 Å². The van der Waals surface area contributed by atoms with Crippen LogP contribution in [0.15, 0.2) is 11.8 Å². The Morgan fingerprint density at radius 1 is 0.550 bits per heavy atom. The number of hydrogen-bond donors (Lipinski definition) is 0. The second-order valence-corrected chi connectivity index (χ2v) is 16.4. The molecule has 3 saturated carbocycles. The molecule has 4 rings (SSSR count). The third kappa shape index (κ3) is 9.32. The van der Waals surface area contributed by atoms with Crippen LogP contribution in [0.2, 0.25) is 0 Å². The third-order valence-corrected chi connectivity index (χ3v) is 14.7. The van der Waals surface area contributed by atoms with Crippen molar-refractivity contribution in [2.45, 2.75) is 153 Å². The summed E-state index contributed by atoms with van der Waals surface area (Å²) in [5.74, 6) is 0. The van der Waals surface area contributed by atoms with Crippen LogP contribution in [0.4, 0.5) is 17.3 Å². The van der Waals surface area contributed by atoms with Gasteiger partial charge in [-0.05, 0) is 64.2 Å². The van der Waals surface area contributed by atoms with Crippen molar-refractivity contribution in [1.29, 1.82) is 0 Å². The summed E-state index contributed by atoms with van der Waals surface area (Å²) in [5.41, 5.74) is 1.66. The molecule has 10 heteroatoms. The molecule has 0 bridgehead atoms. The standard InChI is InChI=1S/C30H58N4P.BF4/c1-31(27-19-11-6-5-7-12-20-27)35(32(2)28-21-13-8-14-22-28,33(3)29-23-15-9-16-24-29)34(4)30-25-17-10-18-26-30;2-1(3,4)5/h19,28-30H,5-18,20-26H2,1-4H3;/q+1;-1. The monoisotopic (exact) mass is 592 g/mol. The van der Waals surface area contributed by atoms with Gasteiger partial charge in [-0.3, -0.25) is 0 Å². The van der Waals surface area contributed by atoms with Crippen molar-refractivity contribution in [3.05, 3.63) is 11.8 Å². The number of rotatable bonds is 8. The van der Waals surface area contributed by atoms with Crippen LogP contribution in [0, 0.1) is 0 Å². The lowest BCUT2D eigenvalue weighted by Gasteiger charge is -2.54. The molecule has 0 aliphatic heterocycles. The van der Waals surface area contributed by atoms with Gasteiger partial charge in [0.15, 0.2) is 0 Å². The molecule has 0 aromatic carbocycles. The van der Waals surface area contributed by atoms with Gasteiger partial charge in [-0.1, -0.05) is 76.7 Å². The van der Waals surface area contributed by atoms with Crippen molar-refractivity contribution in [2.24, 2.45) is 0 Å². The lowest BCUT2D eigenvalue weighted by Crippen LogP contribution is -2.56. The topological polar surface area (TPSA) is 13.0 Å². The first kappa shape index (κ1) is 34.1. The first-order valence-electron chi connectivity index (χ1n) is 16.5. The summed E-state index contributed by atoms with van der Waals surface area (Å²) in [6, 6.07) is 2.18. The van der Waals surface area contributed by atoms with E-state index in [2.05, 4.69) is 52.9 Å². The molecule has 0 spiro atoms. The summed E-state index contributed by atoms with van der Waals surface area (Å²) < 4.78 is 50.9. The maximum Gasteiger partial charge on any atom is 0.673 e. The van der Waals surface area contributed by atoms with Crippen LogP contribution in [0.5, 0.6) is 0 Å². The van der Waals surface area contributed by atoms with Crippen molar-refractivity contribution in [3.8, 4) is 0 Å². The third-order valence-electron chi connectivity index (χ3n) is 10.2. The minimum Gasteiger partial charge on any atom is -0.418 e. The van der Waals surface area contributed by atoms with Crippen LogP contribution in [-0.2, 0) is 0 Å². The summed E-state index contributed by atoms with van der Waals surface area (Å²) >= 11 is 0. The lowest BCUT2D eigenvalue weighted by atomic mass is 9.96. The van der Waals surface area contributed by atoms with Gasteiger partial charge in [-0.2, -0.15) is 0 Å². The van der Waals surface area contributed by atoms with Crippen molar-refractivity contribution < 1.29 is 17.3 Å². The predicted molar refractivity (Wildman–Crippen MR) is 165 cm³/mol. The highest BCUT2D eigenvalue weighted by Gasteiger charge is 2.62. The molecule has 234 valence electrons. The van der Waals surface area contributed by atoms with Crippen molar-refractivity contribution in [2.75, 3.05) is 28.2 Å². The molecule has 40 heavy (non-hydrogen) atoms. The summed E-state index contributed by atoms with van der Waals surface area (Å²) in [6.45, 7) is 0. The second-order valence-electron chi connectivity index (χ2n) is 12.8. The maximum absolute atomic E-state index is 9.75. The van der Waals surface area contributed by atoms with Crippen molar-refractivity contribution in [3.63, 3.8) is 0 Å². The number of hydrogen-bond acceptors (Lipinski definition) is 4. The number of halogens is 4. The maximum atomic E-state index is 9.75. The Bertz CT molecular complexity index is 687. The quantitative estimate of drug-likeness (QED) is 0.158. The molecule has 0 atom stereocenters. The van der Waals surface area contributed by atoms with Crippen LogP contribution in [0.3, 0.4) is 0 Å². The second kappa shape index (κ2) is 16.5. The zero-order valence-electron chi connectivity index (χ0n) is 26.0. The molecule has 0 amide bonds. The largest absolute Gasteiger partial charge is 0.673 e. The minimum atomic E-state index is -6.00. The fraction of sp³-hybridized carbons (Fsp3) is 0.933. The molecular weight excluding hydrogens is 534 g/mol. The number of allylic oxidation sites excluding steroid dienone is 2. The molecule has 0 radical (unpaired) electrons. The lowest BCUT2D eigenvalue weighted by molar-refractivity contribution is 0.175. The van der Waals surface area contributed by atoms with Gasteiger partial charge in [0.2, 0.25) is 0 Å². The van der Waals surface area contributed by atoms with Gasteiger partial charge in [0, 0.05) is 46.3 Å². The van der Waals surface area contributed by atoms with Gasteiger partial charge in [-0.25, -0.2) is 4.67 Å². The molecule has 0 aromatic heterocycles. The molecule has 4 nitrogen and oxygen atoms in total. The highest BCUT2D eigenvalue weighted by molar-refractivity contribution is 7.66. The highest BCUT2D eigenvalue weighted by Crippen LogP contribution is 2.73. The van der Waals surface area contributed by atoms with Gasteiger partial charge < -0.3 is 17.3 Å². The van der Waals surface area contributed by atoms with Crippen LogP contribution in [-0.4, -0.2) is 72.3 Å². The van der Waals surface area contributed by atoms with E-state index in [1.165, 1.54) is 135 Å². The van der Waals surface area contributed by atoms with E-state index in [9.17, 15) is 17.3 Å². The Balaban J connectivity index is 0.000000810. The molecule has 0 saturated heterocycles. The van der Waals surface area contributed by atoms with E-state index in [0.29, 0.717) is 0 Å². The molecule has 0 aromatic rings. The summed E-state index contributed by atoms with van der Waals surface area (Å²) in [7, 11) is 2.30. The molecule has 3 fully saturated rings. The minimum absolute atomic E-state index is 0.728. The zero-order chi connectivity index (χ0) is 29.2. The fourth-order valence-corrected chi connectivity index (χ4v) is 13.1. The molecule has 0 N–H and O–H groups in total. The van der Waals surface area contributed by atoms with E-state index in [4.69, 9.17) is 0 Å². The van der Waals surface area contributed by atoms with Crippen LogP contribution < -0.4 is 0 Å². The average molecular weight is 593 g/mol. The Morgan fingerprint density at radius 2 is 0.875 bits per heavy atom. The van der Waals surface area contributed by atoms with E-state index in [1.807, 2.05) is 0 Å². The summed E-state index contributed by atoms with van der Waals surface area (Å²) in [5, 5.41) is 0. The summed E-state index contributed by atoms with van der Waals surface area (Å²) in [6.07, 6.45) is 31.9. The van der Waals surface area contributed by atoms with Crippen molar-refractivity contribution in [1.82, 2.24) is 18.7 Å². The summed E-state index contributed by atoms with van der Waals surface area (Å²) in [4.78, 5) is 0. The van der Waals surface area contributed by atoms with Gasteiger partial charge in [0.25, 0.3) is 0 Å². The average Bonchev–Trinajstić information content (AvgIpc) is 2.93. The Labute approximate surface area is 243 Å². The van der Waals surface area contributed by atoms with Gasteiger partial charge in [0.05, 0.1) is 5.70 Å². The Kier molecular flexibility index (Phi) is 14.1. The molecule has 4 aliphatic rings. The first-order chi connectivity index (χ1) is 19.1. The predicted octanol–water partition coefficient (Wildman–Crippen LogP) is 9.93. The van der Waals surface area contributed by atoms with E-state index in [1.54, 1.807) is 5.70 Å². The zero-order valence-corrected chi connectivity index (χ0v) is 26.9. The SMILES string of the molecule is CN(C1=CCCCCCC1)[P+](N(C)C1CCCCC1)(N(C)C1CCCCC1)N(C)C1CCCCC1.F[B-](F)(F)F. The highest BCUT2D eigenvalue weighted by atomic mass is 31.2. The Morgan fingerprint density at radius 3 is 1.25 bits per heavy atom. The van der Waals surface area contributed by atoms with E-state index >= 15 is 0 Å². The Hall–Kier alpha value is -0.365. The smallest absolute Gasteiger partial charge is 0.418 e. The van der Waals surface area contributed by atoms with Crippen molar-refractivity contribution >= 4 is 15.1 Å². The normalized spacial score (nSPS) is 23.4. The molecule has 4 aliphatic carbocycles. The fourth-order valence-electron chi connectivity index (χ4n) is 7.96. The van der Waals surface area contributed by atoms with Gasteiger partial charge in [-0.15, -0.1) is 14.0 Å². The molecular formula is C30H58BF4N4P. The molecule has 0 heterocycles. The van der Waals surface area contributed by atoms with Crippen LogP contribution in [0.25, 0.3) is 0 Å². The van der Waals surface area contributed by atoms with Crippen LogP contribution in [0.1, 0.15) is 135 Å². The molecule has 0 unspecified atom stereocenters. The van der Waals surface area contributed by atoms with E-state index in [0.717, 1.165) is 18.1 Å². The van der Waals surface area contributed by atoms with Gasteiger partial charge >= 0.3 is 15.1 Å². The van der Waals surface area contributed by atoms with E-state index < -0.39 is 15.1 Å².